The fourth-order valence-electron chi connectivity index (χ4n) is 0.697. The van der Waals surface area contributed by atoms with Gasteiger partial charge in [0.2, 0.25) is 0 Å². The molecule has 0 aliphatic carbocycles. The Labute approximate surface area is 107 Å². The van der Waals surface area contributed by atoms with Crippen LogP contribution in [0.15, 0.2) is 43.2 Å². The summed E-state index contributed by atoms with van der Waals surface area (Å²) >= 11 is 0. The summed E-state index contributed by atoms with van der Waals surface area (Å²) < 4.78 is 30.4. The van der Waals surface area contributed by atoms with E-state index in [-0.39, 0.29) is 36.7 Å². The minimum absolute atomic E-state index is 0. The molecule has 0 atom stereocenters. The van der Waals surface area contributed by atoms with Crippen molar-refractivity contribution in [1.29, 1.82) is 0 Å². The molecule has 1 aromatic carbocycles. The van der Waals surface area contributed by atoms with Crippen LogP contribution in [0.3, 0.4) is 0 Å². The van der Waals surface area contributed by atoms with Gasteiger partial charge in [-0.3, -0.25) is 0 Å². The minimum atomic E-state index is -4.00. The molecule has 0 amide bonds. The standard InChI is InChI=1S/C8H8O4S.Na.H/c1-2-11-13(9,10)12-8-6-4-3-5-7-8;;/h2-7H,1H2;;/q;+1;-1. The molecule has 0 radical (unpaired) electrons. The van der Waals surface area contributed by atoms with E-state index in [1.165, 1.54) is 12.1 Å². The zero-order valence-electron chi connectivity index (χ0n) is 8.71. The van der Waals surface area contributed by atoms with Gasteiger partial charge in [-0.05, 0) is 12.1 Å². The number of hydrogen-bond donors (Lipinski definition) is 0. The third-order valence-electron chi connectivity index (χ3n) is 1.13. The Kier molecular flexibility index (Phi) is 5.87. The third-order valence-corrected chi connectivity index (χ3v) is 1.90. The molecule has 0 aliphatic rings. The van der Waals surface area contributed by atoms with Crippen molar-refractivity contribution in [2.24, 2.45) is 0 Å². The summed E-state index contributed by atoms with van der Waals surface area (Å²) in [6, 6.07) is 8.05. The van der Waals surface area contributed by atoms with Crippen molar-refractivity contribution in [3.8, 4) is 5.75 Å². The zero-order chi connectivity index (χ0) is 9.73. The van der Waals surface area contributed by atoms with Crippen molar-refractivity contribution in [2.45, 2.75) is 0 Å². The number of rotatable bonds is 4. The maximum Gasteiger partial charge on any atom is 1.00 e. The maximum atomic E-state index is 10.9. The van der Waals surface area contributed by atoms with Crippen molar-refractivity contribution in [3.63, 3.8) is 0 Å². The van der Waals surface area contributed by atoms with Crippen molar-refractivity contribution < 1.29 is 47.8 Å². The first-order chi connectivity index (χ1) is 6.14. The SMILES string of the molecule is C=COS(=O)(=O)Oc1ccccc1.[H-].[Na+]. The molecule has 72 valence electrons. The molecule has 0 aromatic heterocycles. The van der Waals surface area contributed by atoms with Crippen LogP contribution < -0.4 is 33.7 Å². The van der Waals surface area contributed by atoms with Gasteiger partial charge in [0.05, 0.1) is 0 Å². The Hall–Kier alpha value is -0.490. The molecule has 0 unspecified atom stereocenters. The average molecular weight is 224 g/mol. The first kappa shape index (κ1) is 13.5. The first-order valence-electron chi connectivity index (χ1n) is 3.43. The number of hydrogen-bond acceptors (Lipinski definition) is 4. The van der Waals surface area contributed by atoms with Gasteiger partial charge in [-0.1, -0.05) is 24.8 Å². The van der Waals surface area contributed by atoms with E-state index in [2.05, 4.69) is 14.9 Å². The predicted octanol–water partition coefficient (Wildman–Crippen LogP) is -1.41. The fraction of sp³-hybridized carbons (Fsp3) is 0. The summed E-state index contributed by atoms with van der Waals surface area (Å²) in [4.78, 5) is 0. The van der Waals surface area contributed by atoms with Gasteiger partial charge in [0.15, 0.2) is 0 Å². The van der Waals surface area contributed by atoms with Crippen LogP contribution in [0.2, 0.25) is 0 Å². The summed E-state index contributed by atoms with van der Waals surface area (Å²) in [6.45, 7) is 3.11. The molecular formula is C8H9NaO4S. The van der Waals surface area contributed by atoms with Gasteiger partial charge >= 0.3 is 40.0 Å². The van der Waals surface area contributed by atoms with Crippen LogP contribution in [0.5, 0.6) is 5.75 Å². The Bertz CT molecular complexity index is 379. The van der Waals surface area contributed by atoms with Gasteiger partial charge in [-0.15, -0.1) is 8.42 Å². The maximum absolute atomic E-state index is 10.9. The van der Waals surface area contributed by atoms with Crippen LogP contribution in [0.1, 0.15) is 1.43 Å². The molecule has 6 heteroatoms. The molecule has 0 N–H and O–H groups in total. The van der Waals surface area contributed by atoms with Gasteiger partial charge in [-0.25, -0.2) is 0 Å². The number of benzene rings is 1. The van der Waals surface area contributed by atoms with Gasteiger partial charge < -0.3 is 9.79 Å². The van der Waals surface area contributed by atoms with E-state index in [9.17, 15) is 8.42 Å². The zero-order valence-corrected chi connectivity index (χ0v) is 10.5. The molecule has 1 rings (SSSR count). The van der Waals surface area contributed by atoms with E-state index < -0.39 is 10.4 Å². The Morgan fingerprint density at radius 2 is 1.86 bits per heavy atom. The van der Waals surface area contributed by atoms with Crippen LogP contribution >= 0.6 is 0 Å². The summed E-state index contributed by atoms with van der Waals surface area (Å²) in [5.41, 5.74) is 0. The average Bonchev–Trinajstić information content (AvgIpc) is 2.04. The summed E-state index contributed by atoms with van der Waals surface area (Å²) in [5, 5.41) is 0. The molecule has 1 aromatic rings. The summed E-state index contributed by atoms with van der Waals surface area (Å²) in [7, 11) is -4.00. The van der Waals surface area contributed by atoms with E-state index in [1.807, 2.05) is 0 Å². The molecule has 0 spiro atoms. The summed E-state index contributed by atoms with van der Waals surface area (Å²) in [5.74, 6) is 0.198. The predicted molar refractivity (Wildman–Crippen MR) is 48.4 cm³/mol. The molecule has 14 heavy (non-hydrogen) atoms. The Morgan fingerprint density at radius 3 is 2.36 bits per heavy atom. The van der Waals surface area contributed by atoms with Crippen molar-refractivity contribution in [1.82, 2.24) is 0 Å². The topological polar surface area (TPSA) is 52.6 Å². The van der Waals surface area contributed by atoms with Crippen molar-refractivity contribution >= 4 is 10.4 Å². The van der Waals surface area contributed by atoms with Gasteiger partial charge in [0.1, 0.15) is 12.0 Å². The Balaban J connectivity index is 0. The fourth-order valence-corrected chi connectivity index (χ4v) is 1.25. The molecule has 0 saturated heterocycles. The Morgan fingerprint density at radius 1 is 1.29 bits per heavy atom. The van der Waals surface area contributed by atoms with Crippen molar-refractivity contribution in [2.75, 3.05) is 0 Å². The molecule has 0 aliphatic heterocycles. The molecule has 0 saturated carbocycles. The van der Waals surface area contributed by atoms with E-state index in [0.717, 1.165) is 6.26 Å². The molecule has 0 fully saturated rings. The quantitative estimate of drug-likeness (QED) is 0.465. The third kappa shape index (κ3) is 4.66. The normalized spacial score (nSPS) is 9.71. The van der Waals surface area contributed by atoms with E-state index >= 15 is 0 Å². The van der Waals surface area contributed by atoms with Crippen LogP contribution in [0, 0.1) is 0 Å². The van der Waals surface area contributed by atoms with Gasteiger partial charge in [0.25, 0.3) is 0 Å². The van der Waals surface area contributed by atoms with E-state index in [4.69, 9.17) is 0 Å². The van der Waals surface area contributed by atoms with Crippen LogP contribution in [-0.4, -0.2) is 8.42 Å². The largest absolute Gasteiger partial charge is 1.00 e. The molecular weight excluding hydrogens is 215 g/mol. The molecule has 4 nitrogen and oxygen atoms in total. The monoisotopic (exact) mass is 224 g/mol. The van der Waals surface area contributed by atoms with E-state index in [0.29, 0.717) is 0 Å². The molecule has 0 heterocycles. The van der Waals surface area contributed by atoms with Crippen molar-refractivity contribution in [3.05, 3.63) is 43.2 Å². The van der Waals surface area contributed by atoms with E-state index in [1.54, 1.807) is 18.2 Å². The second-order valence-corrected chi connectivity index (χ2v) is 3.24. The number of para-hydroxylation sites is 1. The second kappa shape index (κ2) is 6.08. The summed E-state index contributed by atoms with van der Waals surface area (Å²) in [6.07, 6.45) is 0.790. The minimum Gasteiger partial charge on any atom is -1.00 e. The first-order valence-corrected chi connectivity index (χ1v) is 4.76. The van der Waals surface area contributed by atoms with Crippen LogP contribution in [0.4, 0.5) is 0 Å². The second-order valence-electron chi connectivity index (χ2n) is 2.07. The van der Waals surface area contributed by atoms with Gasteiger partial charge in [-0.2, -0.15) is 0 Å². The van der Waals surface area contributed by atoms with Gasteiger partial charge in [0, 0.05) is 0 Å². The van der Waals surface area contributed by atoms with Crippen LogP contribution in [-0.2, 0) is 14.6 Å². The smallest absolute Gasteiger partial charge is 1.00 e. The van der Waals surface area contributed by atoms with Crippen LogP contribution in [0.25, 0.3) is 0 Å². The molecule has 0 bridgehead atoms.